The number of hydrogen-bond donors (Lipinski definition) is 1. The van der Waals surface area contributed by atoms with Crippen molar-refractivity contribution in [1.29, 1.82) is 0 Å². The standard InChI is InChI=1S/C15H13ClN4O3S/c1-2-23-8-12-19-20-14(22)11(7-17-15(20)24-12)18-13(21)9-3-5-10(16)6-4-9/h3-7H,2,8H2,1H3,(H,18,21). The topological polar surface area (TPSA) is 85.6 Å². The van der Waals surface area contributed by atoms with Gasteiger partial charge in [-0.25, -0.2) is 4.98 Å². The molecule has 2 aromatic heterocycles. The van der Waals surface area contributed by atoms with Crippen molar-refractivity contribution in [2.45, 2.75) is 13.5 Å². The molecule has 7 nitrogen and oxygen atoms in total. The third-order valence-electron chi connectivity index (χ3n) is 3.11. The first kappa shape index (κ1) is 16.6. The van der Waals surface area contributed by atoms with Crippen molar-refractivity contribution in [2.24, 2.45) is 0 Å². The van der Waals surface area contributed by atoms with Gasteiger partial charge in [0.05, 0.1) is 6.20 Å². The van der Waals surface area contributed by atoms with E-state index in [1.807, 2.05) is 6.92 Å². The second-order valence-electron chi connectivity index (χ2n) is 4.77. The summed E-state index contributed by atoms with van der Waals surface area (Å²) in [6.45, 7) is 2.75. The number of anilines is 1. The predicted octanol–water partition coefficient (Wildman–Crippen LogP) is 2.59. The Morgan fingerprint density at radius 2 is 2.12 bits per heavy atom. The monoisotopic (exact) mass is 364 g/mol. The van der Waals surface area contributed by atoms with Gasteiger partial charge in [0, 0.05) is 17.2 Å². The molecule has 9 heteroatoms. The summed E-state index contributed by atoms with van der Waals surface area (Å²) < 4.78 is 6.44. The van der Waals surface area contributed by atoms with Gasteiger partial charge in [-0.2, -0.15) is 9.61 Å². The van der Waals surface area contributed by atoms with Crippen LogP contribution in [0.25, 0.3) is 4.96 Å². The van der Waals surface area contributed by atoms with Gasteiger partial charge in [0.2, 0.25) is 4.96 Å². The largest absolute Gasteiger partial charge is 0.374 e. The summed E-state index contributed by atoms with van der Waals surface area (Å²) in [6.07, 6.45) is 1.33. The van der Waals surface area contributed by atoms with Crippen molar-refractivity contribution in [3.63, 3.8) is 0 Å². The number of fused-ring (bicyclic) bond motifs is 1. The molecule has 124 valence electrons. The highest BCUT2D eigenvalue weighted by molar-refractivity contribution is 7.16. The molecular formula is C15H13ClN4O3S. The number of amides is 1. The minimum atomic E-state index is -0.443. The van der Waals surface area contributed by atoms with Gasteiger partial charge in [-0.15, -0.1) is 0 Å². The normalized spacial score (nSPS) is 10.9. The number of ether oxygens (including phenoxy) is 1. The average Bonchev–Trinajstić information content (AvgIpc) is 3.00. The highest BCUT2D eigenvalue weighted by Crippen LogP contribution is 2.14. The molecule has 0 aliphatic rings. The van der Waals surface area contributed by atoms with Crippen molar-refractivity contribution in [2.75, 3.05) is 11.9 Å². The Hall–Kier alpha value is -2.29. The molecular weight excluding hydrogens is 352 g/mol. The van der Waals surface area contributed by atoms with Crippen LogP contribution in [0.5, 0.6) is 0 Å². The van der Waals surface area contributed by atoms with Gasteiger partial charge in [-0.05, 0) is 31.2 Å². The van der Waals surface area contributed by atoms with Crippen LogP contribution in [0.4, 0.5) is 5.69 Å². The molecule has 0 saturated carbocycles. The lowest BCUT2D eigenvalue weighted by Crippen LogP contribution is -2.23. The zero-order valence-corrected chi connectivity index (χ0v) is 14.2. The van der Waals surface area contributed by atoms with E-state index in [9.17, 15) is 9.59 Å². The molecule has 0 atom stereocenters. The molecule has 0 saturated heterocycles. The fourth-order valence-electron chi connectivity index (χ4n) is 1.95. The number of aromatic nitrogens is 3. The Bertz CT molecular complexity index is 936. The van der Waals surface area contributed by atoms with Gasteiger partial charge in [0.25, 0.3) is 11.5 Å². The number of carbonyl (C=O) groups excluding carboxylic acids is 1. The van der Waals surface area contributed by atoms with E-state index in [0.717, 1.165) is 4.52 Å². The second kappa shape index (κ2) is 7.08. The molecule has 24 heavy (non-hydrogen) atoms. The van der Waals surface area contributed by atoms with Gasteiger partial charge in [0.15, 0.2) is 0 Å². The molecule has 1 amide bonds. The highest BCUT2D eigenvalue weighted by atomic mass is 35.5. The van der Waals surface area contributed by atoms with E-state index in [1.165, 1.54) is 17.5 Å². The Morgan fingerprint density at radius 3 is 2.83 bits per heavy atom. The third kappa shape index (κ3) is 3.45. The van der Waals surface area contributed by atoms with Crippen molar-refractivity contribution in [3.05, 3.63) is 56.4 Å². The number of rotatable bonds is 5. The lowest BCUT2D eigenvalue weighted by molar-refractivity contribution is 0.102. The van der Waals surface area contributed by atoms with E-state index in [4.69, 9.17) is 16.3 Å². The number of benzene rings is 1. The summed E-state index contributed by atoms with van der Waals surface area (Å²) in [5.74, 6) is -0.421. The zero-order chi connectivity index (χ0) is 17.1. The van der Waals surface area contributed by atoms with Crippen LogP contribution in [-0.2, 0) is 11.3 Å². The van der Waals surface area contributed by atoms with Gasteiger partial charge in [-0.1, -0.05) is 22.9 Å². The molecule has 0 unspecified atom stereocenters. The molecule has 0 bridgehead atoms. The van der Waals surface area contributed by atoms with Gasteiger partial charge in [0.1, 0.15) is 17.3 Å². The Kier molecular flexibility index (Phi) is 4.89. The molecule has 1 aromatic carbocycles. The highest BCUT2D eigenvalue weighted by Gasteiger charge is 2.13. The quantitative estimate of drug-likeness (QED) is 0.752. The minimum Gasteiger partial charge on any atom is -0.374 e. The van der Waals surface area contributed by atoms with Gasteiger partial charge in [-0.3, -0.25) is 9.59 Å². The summed E-state index contributed by atoms with van der Waals surface area (Å²) in [5, 5.41) is 7.88. The molecule has 3 rings (SSSR count). The van der Waals surface area contributed by atoms with Crippen molar-refractivity contribution < 1.29 is 9.53 Å². The summed E-state index contributed by atoms with van der Waals surface area (Å²) in [6, 6.07) is 6.35. The Morgan fingerprint density at radius 1 is 1.38 bits per heavy atom. The van der Waals surface area contributed by atoms with Crippen LogP contribution in [0.15, 0.2) is 35.3 Å². The Labute approximate surface area is 145 Å². The first-order chi connectivity index (χ1) is 11.6. The molecule has 0 aliphatic carbocycles. The third-order valence-corrected chi connectivity index (χ3v) is 4.26. The average molecular weight is 365 g/mol. The van der Waals surface area contributed by atoms with E-state index in [2.05, 4.69) is 15.4 Å². The molecule has 2 heterocycles. The van der Waals surface area contributed by atoms with E-state index in [1.54, 1.807) is 24.3 Å². The lowest BCUT2D eigenvalue weighted by Gasteiger charge is -2.04. The van der Waals surface area contributed by atoms with E-state index in [0.29, 0.717) is 33.8 Å². The van der Waals surface area contributed by atoms with E-state index < -0.39 is 11.5 Å². The maximum atomic E-state index is 12.4. The molecule has 0 radical (unpaired) electrons. The summed E-state index contributed by atoms with van der Waals surface area (Å²) in [5.41, 5.74) is 0.00114. The second-order valence-corrected chi connectivity index (χ2v) is 6.24. The van der Waals surface area contributed by atoms with Crippen molar-refractivity contribution in [1.82, 2.24) is 14.6 Å². The first-order valence-corrected chi connectivity index (χ1v) is 8.30. The Balaban J connectivity index is 1.87. The molecule has 0 spiro atoms. The van der Waals surface area contributed by atoms with Crippen molar-refractivity contribution >= 4 is 39.5 Å². The van der Waals surface area contributed by atoms with Gasteiger partial charge >= 0.3 is 0 Å². The summed E-state index contributed by atoms with van der Waals surface area (Å²) >= 11 is 7.06. The van der Waals surface area contributed by atoms with Crippen LogP contribution in [0, 0.1) is 0 Å². The maximum Gasteiger partial charge on any atom is 0.298 e. The summed E-state index contributed by atoms with van der Waals surface area (Å²) in [4.78, 5) is 29.2. The maximum absolute atomic E-state index is 12.4. The molecule has 3 aromatic rings. The van der Waals surface area contributed by atoms with Crippen LogP contribution in [0.2, 0.25) is 5.02 Å². The minimum absolute atomic E-state index is 0.0562. The molecule has 0 fully saturated rings. The zero-order valence-electron chi connectivity index (χ0n) is 12.7. The van der Waals surface area contributed by atoms with E-state index >= 15 is 0 Å². The van der Waals surface area contributed by atoms with Crippen molar-refractivity contribution in [3.8, 4) is 0 Å². The summed E-state index contributed by atoms with van der Waals surface area (Å²) in [7, 11) is 0. The van der Waals surface area contributed by atoms with Gasteiger partial charge < -0.3 is 10.1 Å². The number of nitrogens with zero attached hydrogens (tertiary/aromatic N) is 3. The SMILES string of the molecule is CCOCc1nn2c(=O)c(NC(=O)c3ccc(Cl)cc3)cnc2s1. The van der Waals surface area contributed by atoms with E-state index in [-0.39, 0.29) is 5.69 Å². The fraction of sp³-hybridized carbons (Fsp3) is 0.200. The van der Waals surface area contributed by atoms with Crippen LogP contribution in [0.3, 0.4) is 0 Å². The fourth-order valence-corrected chi connectivity index (χ4v) is 2.87. The predicted molar refractivity (Wildman–Crippen MR) is 91.9 cm³/mol. The van der Waals surface area contributed by atoms with Crippen LogP contribution in [-0.4, -0.2) is 27.1 Å². The first-order valence-electron chi connectivity index (χ1n) is 7.11. The molecule has 0 aliphatic heterocycles. The molecule has 1 N–H and O–H groups in total. The number of hydrogen-bond acceptors (Lipinski definition) is 6. The lowest BCUT2D eigenvalue weighted by atomic mass is 10.2. The van der Waals surface area contributed by atoms with Crippen LogP contribution < -0.4 is 10.9 Å². The number of carbonyl (C=O) groups is 1. The number of halogens is 1. The smallest absolute Gasteiger partial charge is 0.298 e. The number of nitrogens with one attached hydrogen (secondary N) is 1. The van der Waals surface area contributed by atoms with Crippen LogP contribution >= 0.6 is 22.9 Å². The van der Waals surface area contributed by atoms with Crippen LogP contribution in [0.1, 0.15) is 22.3 Å².